The molecular formula is C18H21N3O5S. The third-order valence-electron chi connectivity index (χ3n) is 4.49. The number of esters is 1. The van der Waals surface area contributed by atoms with E-state index in [9.17, 15) is 19.2 Å². The average Bonchev–Trinajstić information content (AvgIpc) is 2.66. The predicted octanol–water partition coefficient (Wildman–Crippen LogP) is 0.723. The second-order valence-corrected chi connectivity index (χ2v) is 7.59. The third kappa shape index (κ3) is 4.79. The normalized spacial score (nSPS) is 19.1. The van der Waals surface area contributed by atoms with Gasteiger partial charge in [-0.25, -0.2) is 0 Å². The lowest BCUT2D eigenvalue weighted by Gasteiger charge is -2.34. The van der Waals surface area contributed by atoms with E-state index >= 15 is 0 Å². The minimum atomic E-state index is -0.585. The van der Waals surface area contributed by atoms with Crippen LogP contribution in [0.15, 0.2) is 29.2 Å². The zero-order valence-electron chi connectivity index (χ0n) is 15.0. The highest BCUT2D eigenvalue weighted by Crippen LogP contribution is 2.36. The van der Waals surface area contributed by atoms with Gasteiger partial charge in [-0.2, -0.15) is 0 Å². The molecule has 3 amide bonds. The summed E-state index contributed by atoms with van der Waals surface area (Å²) in [5.74, 6) is -1.14. The van der Waals surface area contributed by atoms with Gasteiger partial charge >= 0.3 is 5.97 Å². The van der Waals surface area contributed by atoms with Gasteiger partial charge in [-0.15, -0.1) is 11.8 Å². The van der Waals surface area contributed by atoms with Gasteiger partial charge in [-0.1, -0.05) is 12.1 Å². The number of thioether (sulfide) groups is 1. The molecular weight excluding hydrogens is 370 g/mol. The molecule has 3 rings (SSSR count). The molecule has 0 radical (unpaired) electrons. The SMILES string of the molecule is CC(=O)N1CCN(C(=O)COC(=O)C[C@@H]2Sc3ccccc3NC2=O)CC1. The average molecular weight is 391 g/mol. The summed E-state index contributed by atoms with van der Waals surface area (Å²) in [6.45, 7) is 2.95. The van der Waals surface area contributed by atoms with Crippen LogP contribution in [-0.4, -0.2) is 71.5 Å². The maximum absolute atomic E-state index is 12.2. The largest absolute Gasteiger partial charge is 0.456 e. The third-order valence-corrected chi connectivity index (χ3v) is 5.77. The van der Waals surface area contributed by atoms with Crippen molar-refractivity contribution in [3.63, 3.8) is 0 Å². The Labute approximate surface area is 161 Å². The van der Waals surface area contributed by atoms with Crippen molar-refractivity contribution in [3.8, 4) is 0 Å². The molecule has 2 aliphatic heterocycles. The van der Waals surface area contributed by atoms with Gasteiger partial charge in [0.2, 0.25) is 11.8 Å². The van der Waals surface area contributed by atoms with Crippen molar-refractivity contribution in [2.45, 2.75) is 23.5 Å². The van der Waals surface area contributed by atoms with E-state index in [0.717, 1.165) is 10.6 Å². The van der Waals surface area contributed by atoms with Crippen molar-refractivity contribution in [3.05, 3.63) is 24.3 Å². The summed E-state index contributed by atoms with van der Waals surface area (Å²) in [4.78, 5) is 51.8. The van der Waals surface area contributed by atoms with Crippen molar-refractivity contribution in [2.75, 3.05) is 38.1 Å². The fraction of sp³-hybridized carbons (Fsp3) is 0.444. The smallest absolute Gasteiger partial charge is 0.307 e. The maximum atomic E-state index is 12.2. The lowest BCUT2D eigenvalue weighted by molar-refractivity contribution is -0.153. The number of ether oxygens (including phenoxy) is 1. The summed E-state index contributed by atoms with van der Waals surface area (Å²) in [7, 11) is 0. The van der Waals surface area contributed by atoms with E-state index in [-0.39, 0.29) is 30.7 Å². The Bertz CT molecular complexity index is 761. The van der Waals surface area contributed by atoms with E-state index < -0.39 is 11.2 Å². The highest BCUT2D eigenvalue weighted by Gasteiger charge is 2.30. The molecule has 2 heterocycles. The molecule has 1 saturated heterocycles. The molecule has 1 aromatic carbocycles. The van der Waals surface area contributed by atoms with Gasteiger partial charge in [-0.05, 0) is 12.1 Å². The summed E-state index contributed by atoms with van der Waals surface area (Å²) < 4.78 is 5.07. The number of para-hydroxylation sites is 1. The van der Waals surface area contributed by atoms with E-state index in [0.29, 0.717) is 26.2 Å². The summed E-state index contributed by atoms with van der Waals surface area (Å²) in [6.07, 6.45) is -0.101. The summed E-state index contributed by atoms with van der Waals surface area (Å²) in [5, 5.41) is 2.19. The second-order valence-electron chi connectivity index (χ2n) is 6.34. The van der Waals surface area contributed by atoms with Crippen LogP contribution in [0.5, 0.6) is 0 Å². The summed E-state index contributed by atoms with van der Waals surface area (Å²) in [6, 6.07) is 7.38. The first-order chi connectivity index (χ1) is 12.9. The molecule has 27 heavy (non-hydrogen) atoms. The van der Waals surface area contributed by atoms with Crippen LogP contribution in [0, 0.1) is 0 Å². The van der Waals surface area contributed by atoms with Crippen molar-refractivity contribution in [2.24, 2.45) is 0 Å². The van der Waals surface area contributed by atoms with Gasteiger partial charge < -0.3 is 19.9 Å². The lowest BCUT2D eigenvalue weighted by atomic mass is 10.2. The van der Waals surface area contributed by atoms with Crippen LogP contribution in [0.1, 0.15) is 13.3 Å². The zero-order chi connectivity index (χ0) is 19.4. The second kappa shape index (κ2) is 8.43. The molecule has 0 bridgehead atoms. The molecule has 0 spiro atoms. The van der Waals surface area contributed by atoms with Gasteiger partial charge in [-0.3, -0.25) is 19.2 Å². The lowest BCUT2D eigenvalue weighted by Crippen LogP contribution is -2.51. The number of piperazine rings is 1. The number of carbonyl (C=O) groups excluding carboxylic acids is 4. The number of amides is 3. The molecule has 0 saturated carbocycles. The first-order valence-electron chi connectivity index (χ1n) is 8.69. The van der Waals surface area contributed by atoms with Crippen LogP contribution in [-0.2, 0) is 23.9 Å². The zero-order valence-corrected chi connectivity index (χ0v) is 15.8. The van der Waals surface area contributed by atoms with Crippen LogP contribution < -0.4 is 5.32 Å². The minimum absolute atomic E-state index is 0.0154. The Balaban J connectivity index is 1.44. The summed E-state index contributed by atoms with van der Waals surface area (Å²) in [5.41, 5.74) is 0.733. The first kappa shape index (κ1) is 19.2. The molecule has 1 fully saturated rings. The van der Waals surface area contributed by atoms with E-state index in [2.05, 4.69) is 5.32 Å². The van der Waals surface area contributed by atoms with E-state index in [4.69, 9.17) is 4.74 Å². The van der Waals surface area contributed by atoms with E-state index in [1.54, 1.807) is 15.9 Å². The maximum Gasteiger partial charge on any atom is 0.307 e. The molecule has 0 aromatic heterocycles. The van der Waals surface area contributed by atoms with Gasteiger partial charge in [0.25, 0.3) is 5.91 Å². The van der Waals surface area contributed by atoms with Gasteiger partial charge in [0.1, 0.15) is 0 Å². The van der Waals surface area contributed by atoms with Gasteiger partial charge in [0.15, 0.2) is 6.61 Å². The van der Waals surface area contributed by atoms with E-state index in [1.165, 1.54) is 18.7 Å². The molecule has 2 aliphatic rings. The van der Waals surface area contributed by atoms with Crippen LogP contribution in [0.4, 0.5) is 5.69 Å². The number of nitrogens with zero attached hydrogens (tertiary/aromatic N) is 2. The fourth-order valence-electron chi connectivity index (χ4n) is 2.94. The molecule has 144 valence electrons. The van der Waals surface area contributed by atoms with Crippen LogP contribution in [0.3, 0.4) is 0 Å². The van der Waals surface area contributed by atoms with Crippen LogP contribution >= 0.6 is 11.8 Å². The molecule has 9 heteroatoms. The van der Waals surface area contributed by atoms with Gasteiger partial charge in [0.05, 0.1) is 17.4 Å². The van der Waals surface area contributed by atoms with E-state index in [1.807, 2.05) is 18.2 Å². The number of fused-ring (bicyclic) bond motifs is 1. The highest BCUT2D eigenvalue weighted by molar-refractivity contribution is 8.01. The molecule has 1 N–H and O–H groups in total. The summed E-state index contributed by atoms with van der Waals surface area (Å²) >= 11 is 1.31. The number of rotatable bonds is 4. The van der Waals surface area contributed by atoms with Crippen molar-refractivity contribution < 1.29 is 23.9 Å². The Morgan fingerprint density at radius 2 is 1.81 bits per heavy atom. The molecule has 0 aliphatic carbocycles. The van der Waals surface area contributed by atoms with Crippen molar-refractivity contribution >= 4 is 41.1 Å². The Hall–Kier alpha value is -2.55. The molecule has 0 unspecified atom stereocenters. The number of anilines is 1. The number of benzene rings is 1. The highest BCUT2D eigenvalue weighted by atomic mass is 32.2. The Morgan fingerprint density at radius 1 is 1.15 bits per heavy atom. The molecule has 8 nitrogen and oxygen atoms in total. The van der Waals surface area contributed by atoms with Crippen molar-refractivity contribution in [1.29, 1.82) is 0 Å². The minimum Gasteiger partial charge on any atom is -0.456 e. The first-order valence-corrected chi connectivity index (χ1v) is 9.57. The quantitative estimate of drug-likeness (QED) is 0.760. The number of hydrogen-bond donors (Lipinski definition) is 1. The van der Waals surface area contributed by atoms with Crippen LogP contribution in [0.25, 0.3) is 0 Å². The number of nitrogens with one attached hydrogen (secondary N) is 1. The fourth-order valence-corrected chi connectivity index (χ4v) is 4.04. The number of carbonyl (C=O) groups is 4. The Morgan fingerprint density at radius 3 is 2.52 bits per heavy atom. The number of hydrogen-bond acceptors (Lipinski definition) is 6. The molecule has 1 atom stereocenters. The molecule has 1 aromatic rings. The topological polar surface area (TPSA) is 96.0 Å². The van der Waals surface area contributed by atoms with Crippen molar-refractivity contribution in [1.82, 2.24) is 9.80 Å². The monoisotopic (exact) mass is 391 g/mol. The Kier molecular flexibility index (Phi) is 6.00. The van der Waals surface area contributed by atoms with Crippen LogP contribution in [0.2, 0.25) is 0 Å². The van der Waals surface area contributed by atoms with Gasteiger partial charge in [0, 0.05) is 38.0 Å². The standard InChI is InChI=1S/C18H21N3O5S/c1-12(22)20-6-8-21(9-7-20)16(23)11-26-17(24)10-15-18(25)19-13-4-2-3-5-14(13)27-15/h2-5,15H,6-11H2,1H3,(H,19,25)/t15-/m0/s1. The predicted molar refractivity (Wildman–Crippen MR) is 99.1 cm³/mol.